The van der Waals surface area contributed by atoms with Gasteiger partial charge in [-0.1, -0.05) is 30.2 Å². The molecular formula is C12H17. The van der Waals surface area contributed by atoms with Gasteiger partial charge in [-0.25, -0.2) is 0 Å². The number of hydrogen-bond acceptors (Lipinski definition) is 0. The van der Waals surface area contributed by atoms with Crippen molar-refractivity contribution < 1.29 is 0 Å². The summed E-state index contributed by atoms with van der Waals surface area (Å²) in [6.07, 6.45) is 9.97. The Kier molecular flexibility index (Phi) is 1.67. The third kappa shape index (κ3) is 1.35. The van der Waals surface area contributed by atoms with E-state index in [2.05, 4.69) is 39.3 Å². The Balaban J connectivity index is 2.24. The molecule has 0 spiro atoms. The summed E-state index contributed by atoms with van der Waals surface area (Å²) in [7, 11) is 0. The highest BCUT2D eigenvalue weighted by Crippen LogP contribution is 2.51. The Bertz CT molecular complexity index is 253. The SMILES string of the molecule is CC1=CC(C)=CC(C)(C2CC2)[CH]1. The highest BCUT2D eigenvalue weighted by atomic mass is 14.4. The number of hydrogen-bond donors (Lipinski definition) is 0. The van der Waals surface area contributed by atoms with E-state index in [-0.39, 0.29) is 0 Å². The molecule has 1 fully saturated rings. The standard InChI is InChI=1S/C12H17/c1-9-6-10(2)8-12(3,7-9)11-4-5-11/h6-8,11H,4-5H2,1-3H3. The Morgan fingerprint density at radius 1 is 1.25 bits per heavy atom. The second-order valence-corrected chi connectivity index (χ2v) is 4.56. The van der Waals surface area contributed by atoms with E-state index in [1.807, 2.05) is 0 Å². The smallest absolute Gasteiger partial charge is 0.00373 e. The van der Waals surface area contributed by atoms with Crippen LogP contribution in [0.2, 0.25) is 0 Å². The fourth-order valence-electron chi connectivity index (χ4n) is 2.41. The summed E-state index contributed by atoms with van der Waals surface area (Å²) in [5.74, 6) is 0.927. The molecule has 0 aromatic rings. The van der Waals surface area contributed by atoms with Crippen LogP contribution < -0.4 is 0 Å². The van der Waals surface area contributed by atoms with Crippen LogP contribution in [0.4, 0.5) is 0 Å². The molecule has 0 N–H and O–H groups in total. The molecule has 1 saturated carbocycles. The quantitative estimate of drug-likeness (QED) is 0.552. The number of rotatable bonds is 1. The molecule has 12 heavy (non-hydrogen) atoms. The molecule has 1 atom stereocenters. The second-order valence-electron chi connectivity index (χ2n) is 4.56. The maximum atomic E-state index is 2.43. The maximum absolute atomic E-state index is 2.43. The molecule has 0 nitrogen and oxygen atoms in total. The molecule has 1 radical (unpaired) electrons. The number of allylic oxidation sites excluding steroid dienone is 4. The van der Waals surface area contributed by atoms with Crippen LogP contribution in [-0.2, 0) is 0 Å². The van der Waals surface area contributed by atoms with Gasteiger partial charge in [0.15, 0.2) is 0 Å². The molecule has 2 rings (SSSR count). The molecule has 0 amide bonds. The summed E-state index contributed by atoms with van der Waals surface area (Å²) in [5, 5.41) is 0. The summed E-state index contributed by atoms with van der Waals surface area (Å²) < 4.78 is 0. The molecule has 0 heterocycles. The highest BCUT2D eigenvalue weighted by molar-refractivity contribution is 5.37. The van der Waals surface area contributed by atoms with Crippen molar-refractivity contribution in [3.05, 3.63) is 29.7 Å². The van der Waals surface area contributed by atoms with Crippen molar-refractivity contribution in [3.63, 3.8) is 0 Å². The van der Waals surface area contributed by atoms with Crippen LogP contribution in [0.1, 0.15) is 33.6 Å². The summed E-state index contributed by atoms with van der Waals surface area (Å²) in [6, 6.07) is 0. The Morgan fingerprint density at radius 2 is 1.92 bits per heavy atom. The average molecular weight is 161 g/mol. The van der Waals surface area contributed by atoms with Crippen LogP contribution in [0, 0.1) is 17.8 Å². The lowest BCUT2D eigenvalue weighted by Crippen LogP contribution is -2.20. The van der Waals surface area contributed by atoms with Crippen molar-refractivity contribution in [3.8, 4) is 0 Å². The van der Waals surface area contributed by atoms with E-state index in [0.29, 0.717) is 5.41 Å². The largest absolute Gasteiger partial charge is 0.0747 e. The Labute approximate surface area is 75.4 Å². The van der Waals surface area contributed by atoms with E-state index in [1.54, 1.807) is 0 Å². The van der Waals surface area contributed by atoms with Crippen molar-refractivity contribution in [1.82, 2.24) is 0 Å². The van der Waals surface area contributed by atoms with Crippen LogP contribution in [0.15, 0.2) is 23.3 Å². The zero-order valence-electron chi connectivity index (χ0n) is 8.22. The van der Waals surface area contributed by atoms with Crippen LogP contribution in [-0.4, -0.2) is 0 Å². The zero-order chi connectivity index (χ0) is 8.77. The third-order valence-corrected chi connectivity index (χ3v) is 2.99. The molecule has 0 aromatic heterocycles. The van der Waals surface area contributed by atoms with Crippen LogP contribution >= 0.6 is 0 Å². The second kappa shape index (κ2) is 2.48. The van der Waals surface area contributed by atoms with Crippen molar-refractivity contribution in [2.75, 3.05) is 0 Å². The first-order valence-corrected chi connectivity index (χ1v) is 4.84. The molecule has 2 aliphatic rings. The normalized spacial score (nSPS) is 35.9. The van der Waals surface area contributed by atoms with Gasteiger partial charge in [0.2, 0.25) is 0 Å². The minimum absolute atomic E-state index is 0.378. The molecule has 0 aliphatic heterocycles. The molecule has 2 aliphatic carbocycles. The van der Waals surface area contributed by atoms with E-state index in [1.165, 1.54) is 24.0 Å². The first kappa shape index (κ1) is 8.10. The Morgan fingerprint density at radius 3 is 2.42 bits per heavy atom. The third-order valence-electron chi connectivity index (χ3n) is 2.99. The predicted octanol–water partition coefficient (Wildman–Crippen LogP) is 3.51. The fourth-order valence-corrected chi connectivity index (χ4v) is 2.41. The van der Waals surface area contributed by atoms with Gasteiger partial charge in [0.25, 0.3) is 0 Å². The summed E-state index contributed by atoms with van der Waals surface area (Å²) in [4.78, 5) is 0. The summed E-state index contributed by atoms with van der Waals surface area (Å²) >= 11 is 0. The van der Waals surface area contributed by atoms with E-state index in [4.69, 9.17) is 0 Å². The minimum atomic E-state index is 0.378. The first-order valence-electron chi connectivity index (χ1n) is 4.84. The van der Waals surface area contributed by atoms with E-state index >= 15 is 0 Å². The van der Waals surface area contributed by atoms with Gasteiger partial charge < -0.3 is 0 Å². The van der Waals surface area contributed by atoms with Crippen molar-refractivity contribution >= 4 is 0 Å². The molecular weight excluding hydrogens is 144 g/mol. The van der Waals surface area contributed by atoms with E-state index in [0.717, 1.165) is 5.92 Å². The maximum Gasteiger partial charge on any atom is -0.00373 e. The van der Waals surface area contributed by atoms with Crippen molar-refractivity contribution in [2.45, 2.75) is 33.6 Å². The first-order chi connectivity index (χ1) is 5.60. The highest BCUT2D eigenvalue weighted by Gasteiger charge is 2.40. The molecule has 1 unspecified atom stereocenters. The zero-order valence-corrected chi connectivity index (χ0v) is 8.22. The van der Waals surface area contributed by atoms with E-state index in [9.17, 15) is 0 Å². The van der Waals surface area contributed by atoms with Crippen LogP contribution in [0.5, 0.6) is 0 Å². The van der Waals surface area contributed by atoms with Crippen LogP contribution in [0.3, 0.4) is 0 Å². The summed E-state index contributed by atoms with van der Waals surface area (Å²) in [6.45, 7) is 6.78. The van der Waals surface area contributed by atoms with Gasteiger partial charge in [-0.3, -0.25) is 0 Å². The summed E-state index contributed by atoms with van der Waals surface area (Å²) in [5.41, 5.74) is 3.25. The van der Waals surface area contributed by atoms with Gasteiger partial charge in [-0.15, -0.1) is 0 Å². The lowest BCUT2D eigenvalue weighted by atomic mass is 9.75. The molecule has 0 saturated heterocycles. The van der Waals surface area contributed by atoms with Crippen LogP contribution in [0.25, 0.3) is 0 Å². The van der Waals surface area contributed by atoms with Gasteiger partial charge in [-0.05, 0) is 44.4 Å². The molecule has 65 valence electrons. The predicted molar refractivity (Wildman–Crippen MR) is 52.6 cm³/mol. The molecule has 0 bridgehead atoms. The van der Waals surface area contributed by atoms with Crippen molar-refractivity contribution in [2.24, 2.45) is 11.3 Å². The van der Waals surface area contributed by atoms with Gasteiger partial charge in [-0.2, -0.15) is 0 Å². The van der Waals surface area contributed by atoms with Gasteiger partial charge in [0.05, 0.1) is 0 Å². The Hall–Kier alpha value is -0.520. The molecule has 0 heteroatoms. The van der Waals surface area contributed by atoms with Crippen molar-refractivity contribution in [1.29, 1.82) is 0 Å². The van der Waals surface area contributed by atoms with Gasteiger partial charge in [0, 0.05) is 0 Å². The van der Waals surface area contributed by atoms with Gasteiger partial charge >= 0.3 is 0 Å². The minimum Gasteiger partial charge on any atom is -0.0747 e. The average Bonchev–Trinajstić information content (AvgIpc) is 2.61. The van der Waals surface area contributed by atoms with E-state index < -0.39 is 0 Å². The lowest BCUT2D eigenvalue weighted by molar-refractivity contribution is 0.434. The monoisotopic (exact) mass is 161 g/mol. The lowest BCUT2D eigenvalue weighted by Gasteiger charge is -2.30. The van der Waals surface area contributed by atoms with Gasteiger partial charge in [0.1, 0.15) is 0 Å². The molecule has 0 aromatic carbocycles. The fraction of sp³-hybridized carbons (Fsp3) is 0.583. The topological polar surface area (TPSA) is 0 Å².